The number of methoxy groups -OCH3 is 2. The highest BCUT2D eigenvalue weighted by molar-refractivity contribution is 6.12. The van der Waals surface area contributed by atoms with Gasteiger partial charge in [-0.3, -0.25) is 9.59 Å². The number of hydrogen-bond acceptors (Lipinski definition) is 8. The van der Waals surface area contributed by atoms with Gasteiger partial charge in [-0.2, -0.15) is 0 Å². The molecule has 10 heteroatoms. The number of rotatable bonds is 4. The summed E-state index contributed by atoms with van der Waals surface area (Å²) in [5, 5.41) is 24.2. The quantitative estimate of drug-likeness (QED) is 0.553. The van der Waals surface area contributed by atoms with Gasteiger partial charge in [-0.05, 0) is 12.1 Å². The van der Waals surface area contributed by atoms with E-state index in [1.165, 1.54) is 24.0 Å². The summed E-state index contributed by atoms with van der Waals surface area (Å²) in [6, 6.07) is 13.6. The van der Waals surface area contributed by atoms with Crippen LogP contribution in [0.1, 0.15) is 22.3 Å². The summed E-state index contributed by atoms with van der Waals surface area (Å²) in [7, 11) is 5.79. The zero-order valence-electron chi connectivity index (χ0n) is 20.6. The van der Waals surface area contributed by atoms with Crippen LogP contribution >= 0.6 is 0 Å². The number of carbonyl (C=O) groups is 2. The second-order valence-corrected chi connectivity index (χ2v) is 9.06. The van der Waals surface area contributed by atoms with Gasteiger partial charge in [0.15, 0.2) is 23.0 Å². The second kappa shape index (κ2) is 7.61. The Morgan fingerprint density at radius 2 is 1.11 bits per heavy atom. The molecule has 0 aliphatic carbocycles. The fourth-order valence-corrected chi connectivity index (χ4v) is 5.69. The van der Waals surface area contributed by atoms with Gasteiger partial charge in [0.2, 0.25) is 18.0 Å². The number of nitrogens with zero attached hydrogens (tertiary/aromatic N) is 2. The van der Waals surface area contributed by atoms with Gasteiger partial charge in [0.1, 0.15) is 0 Å². The third-order valence-corrected chi connectivity index (χ3v) is 7.40. The van der Waals surface area contributed by atoms with Crippen LogP contribution in [0.4, 0.5) is 11.4 Å². The van der Waals surface area contributed by atoms with Crippen LogP contribution in [0.15, 0.2) is 48.5 Å². The van der Waals surface area contributed by atoms with Crippen LogP contribution < -0.4 is 28.7 Å². The molecule has 0 spiro atoms. The number of amides is 2. The maximum Gasteiger partial charge on any atom is 0.268 e. The molecule has 2 N–H and O–H groups in total. The topological polar surface area (TPSA) is 118 Å². The SMILES string of the molecule is COc1c(OC)c([C@]2(O)C(=O)N(C)c3ccccc32)c2c(c1[C@]1(O)C(=O)N(C)c3ccccc31)OCO2. The highest BCUT2D eigenvalue weighted by atomic mass is 16.7. The number of hydrogen-bond donors (Lipinski definition) is 2. The standard InChI is InChI=1S/C27H24N2O8/c1-28-16-11-7-5-9-14(16)26(32,24(28)30)18-20(34-3)21(35-4)19(23-22(18)36-13-37-23)27(33)15-10-6-8-12-17(15)29(2)25(27)31/h5-12,32-33H,13H2,1-4H3/t26-,27-/m0/s1. The van der Waals surface area contributed by atoms with Crippen molar-refractivity contribution >= 4 is 23.2 Å². The van der Waals surface area contributed by atoms with E-state index in [9.17, 15) is 19.8 Å². The van der Waals surface area contributed by atoms with E-state index >= 15 is 0 Å². The largest absolute Gasteiger partial charge is 0.492 e. The molecule has 3 aliphatic rings. The van der Waals surface area contributed by atoms with E-state index in [-0.39, 0.29) is 40.9 Å². The van der Waals surface area contributed by atoms with E-state index < -0.39 is 23.0 Å². The Labute approximate surface area is 212 Å². The molecule has 37 heavy (non-hydrogen) atoms. The number of likely N-dealkylation sites (N-methyl/N-ethyl adjacent to an activating group) is 2. The van der Waals surface area contributed by atoms with E-state index in [2.05, 4.69) is 0 Å². The first-order valence-corrected chi connectivity index (χ1v) is 11.5. The van der Waals surface area contributed by atoms with E-state index in [4.69, 9.17) is 18.9 Å². The van der Waals surface area contributed by atoms with E-state index in [0.29, 0.717) is 22.5 Å². The van der Waals surface area contributed by atoms with Gasteiger partial charge in [0.25, 0.3) is 11.8 Å². The highest BCUT2D eigenvalue weighted by Crippen LogP contribution is 2.62. The van der Waals surface area contributed by atoms with Crippen molar-refractivity contribution < 1.29 is 38.7 Å². The Morgan fingerprint density at radius 1 is 0.730 bits per heavy atom. The Hall–Kier alpha value is -4.28. The number of carbonyl (C=O) groups excluding carboxylic acids is 2. The van der Waals surface area contributed by atoms with Crippen molar-refractivity contribution in [1.29, 1.82) is 0 Å². The molecule has 0 aromatic heterocycles. The number of fused-ring (bicyclic) bond motifs is 3. The van der Waals surface area contributed by atoms with Gasteiger partial charge in [-0.25, -0.2) is 0 Å². The lowest BCUT2D eigenvalue weighted by atomic mass is 9.80. The number of ether oxygens (including phenoxy) is 4. The molecule has 190 valence electrons. The molecular weight excluding hydrogens is 480 g/mol. The minimum atomic E-state index is -2.22. The van der Waals surface area contributed by atoms with Crippen molar-refractivity contribution in [1.82, 2.24) is 0 Å². The molecular formula is C27H24N2O8. The molecule has 2 atom stereocenters. The summed E-state index contributed by atoms with van der Waals surface area (Å²) in [5.74, 6) is -1.48. The minimum absolute atomic E-state index is 0.0261. The molecule has 0 saturated heterocycles. The van der Waals surface area contributed by atoms with Crippen molar-refractivity contribution in [2.24, 2.45) is 0 Å². The third kappa shape index (κ3) is 2.60. The molecule has 3 aliphatic heterocycles. The summed E-state index contributed by atoms with van der Waals surface area (Å²) in [6.45, 7) is -0.283. The van der Waals surface area contributed by atoms with Gasteiger partial charge >= 0.3 is 0 Å². The first-order chi connectivity index (χ1) is 17.7. The van der Waals surface area contributed by atoms with Crippen LogP contribution in [0.2, 0.25) is 0 Å². The predicted molar refractivity (Wildman–Crippen MR) is 131 cm³/mol. The maximum atomic E-state index is 13.6. The molecule has 0 radical (unpaired) electrons. The Bertz CT molecular complexity index is 1390. The summed E-state index contributed by atoms with van der Waals surface area (Å²) in [5.41, 5.74) is -2.89. The van der Waals surface area contributed by atoms with Crippen molar-refractivity contribution in [2.45, 2.75) is 11.2 Å². The summed E-state index contributed by atoms with van der Waals surface area (Å²) >= 11 is 0. The van der Waals surface area contributed by atoms with Crippen molar-refractivity contribution in [3.05, 3.63) is 70.8 Å². The number of anilines is 2. The lowest BCUT2D eigenvalue weighted by molar-refractivity contribution is -0.132. The van der Waals surface area contributed by atoms with Gasteiger partial charge in [-0.15, -0.1) is 0 Å². The van der Waals surface area contributed by atoms with Crippen LogP contribution in [-0.4, -0.2) is 57.1 Å². The normalized spacial score (nSPS) is 23.4. The number of aliphatic hydroxyl groups is 2. The minimum Gasteiger partial charge on any atom is -0.492 e. The van der Waals surface area contributed by atoms with Crippen molar-refractivity contribution in [3.63, 3.8) is 0 Å². The summed E-state index contributed by atoms with van der Waals surface area (Å²) in [6.07, 6.45) is 0. The van der Waals surface area contributed by atoms with E-state index in [0.717, 1.165) is 0 Å². The van der Waals surface area contributed by atoms with Gasteiger partial charge in [0.05, 0.1) is 36.7 Å². The lowest BCUT2D eigenvalue weighted by Crippen LogP contribution is -2.41. The molecule has 3 aromatic rings. The molecule has 10 nitrogen and oxygen atoms in total. The molecule has 6 rings (SSSR count). The van der Waals surface area contributed by atoms with Crippen molar-refractivity contribution in [2.75, 3.05) is 44.9 Å². The van der Waals surface area contributed by atoms with Crippen LogP contribution in [0.3, 0.4) is 0 Å². The van der Waals surface area contributed by atoms with Gasteiger partial charge < -0.3 is 39.0 Å². The van der Waals surface area contributed by atoms with Gasteiger partial charge in [-0.1, -0.05) is 36.4 Å². The zero-order valence-corrected chi connectivity index (χ0v) is 20.6. The highest BCUT2D eigenvalue weighted by Gasteiger charge is 2.59. The van der Waals surface area contributed by atoms with E-state index in [1.54, 1.807) is 62.6 Å². The number of para-hydroxylation sites is 2. The fraction of sp³-hybridized carbons (Fsp3) is 0.259. The average Bonchev–Trinajstić information content (AvgIpc) is 3.54. The molecule has 0 bridgehead atoms. The average molecular weight is 504 g/mol. The molecule has 3 heterocycles. The van der Waals surface area contributed by atoms with Crippen LogP contribution in [-0.2, 0) is 20.8 Å². The number of benzene rings is 3. The predicted octanol–water partition coefficient (Wildman–Crippen LogP) is 1.86. The molecule has 0 saturated carbocycles. The zero-order chi connectivity index (χ0) is 26.3. The van der Waals surface area contributed by atoms with Gasteiger partial charge in [0, 0.05) is 25.2 Å². The molecule has 3 aromatic carbocycles. The first kappa shape index (κ1) is 23.1. The van der Waals surface area contributed by atoms with E-state index in [1.807, 2.05) is 0 Å². The fourth-order valence-electron chi connectivity index (χ4n) is 5.69. The summed E-state index contributed by atoms with van der Waals surface area (Å²) < 4.78 is 23.1. The molecule has 0 unspecified atom stereocenters. The Kier molecular flexibility index (Phi) is 4.76. The Morgan fingerprint density at radius 3 is 1.49 bits per heavy atom. The van der Waals surface area contributed by atoms with Crippen molar-refractivity contribution in [3.8, 4) is 23.0 Å². The van der Waals surface area contributed by atoms with Crippen LogP contribution in [0, 0.1) is 0 Å². The molecule has 2 amide bonds. The lowest BCUT2D eigenvalue weighted by Gasteiger charge is -2.31. The molecule has 0 fully saturated rings. The second-order valence-electron chi connectivity index (χ2n) is 9.06. The summed E-state index contributed by atoms with van der Waals surface area (Å²) in [4.78, 5) is 29.9. The smallest absolute Gasteiger partial charge is 0.268 e. The first-order valence-electron chi connectivity index (χ1n) is 11.5. The maximum absolute atomic E-state index is 13.6. The van der Waals surface area contributed by atoms with Crippen LogP contribution in [0.25, 0.3) is 0 Å². The van der Waals surface area contributed by atoms with Crippen LogP contribution in [0.5, 0.6) is 23.0 Å². The third-order valence-electron chi connectivity index (χ3n) is 7.40. The monoisotopic (exact) mass is 504 g/mol. The Balaban J connectivity index is 1.72.